The van der Waals surface area contributed by atoms with Crippen LogP contribution in [0.5, 0.6) is 0 Å². The molecule has 174 valence electrons. The third-order valence-corrected chi connectivity index (χ3v) is 6.72. The summed E-state index contributed by atoms with van der Waals surface area (Å²) in [5.74, 6) is -0.344. The van der Waals surface area contributed by atoms with Crippen LogP contribution in [-0.2, 0) is 9.59 Å². The van der Waals surface area contributed by atoms with Gasteiger partial charge in [-0.25, -0.2) is 0 Å². The van der Waals surface area contributed by atoms with E-state index in [4.69, 9.17) is 12.2 Å². The molecule has 2 aromatic rings. The molecule has 0 aromatic heterocycles. The topological polar surface area (TPSA) is 59.1 Å². The van der Waals surface area contributed by atoms with E-state index in [1.807, 2.05) is 66.4 Å². The summed E-state index contributed by atoms with van der Waals surface area (Å²) in [5.41, 5.74) is 2.57. The highest BCUT2D eigenvalue weighted by atomic mass is 32.1. The van der Waals surface area contributed by atoms with Crippen molar-refractivity contribution >= 4 is 40.5 Å². The minimum Gasteiger partial charge on any atom is -0.335 e. The maximum Gasteiger partial charge on any atom is 0.256 e. The van der Waals surface area contributed by atoms with Crippen LogP contribution in [0.3, 0.4) is 0 Å². The fraction of sp³-hybridized carbons (Fsp3) is 0.400. The molecule has 8 heteroatoms. The van der Waals surface area contributed by atoms with Gasteiger partial charge in [0, 0.05) is 45.0 Å². The number of benzene rings is 2. The maximum absolute atomic E-state index is 13.5. The Labute approximate surface area is 200 Å². The summed E-state index contributed by atoms with van der Waals surface area (Å²) in [6, 6.07) is 16.4. The average molecular weight is 466 g/mol. The van der Waals surface area contributed by atoms with Gasteiger partial charge in [-0.1, -0.05) is 35.9 Å². The predicted octanol–water partition coefficient (Wildman–Crippen LogP) is 2.57. The molecule has 2 aromatic carbocycles. The standard InChI is InChI=1S/C25H31N5O2S/c1-19-8-10-21(11-9-19)30-24(32)22(18-23(31)26-20-6-4-3-5-7-20)29(25(30)33)17-16-28-14-12-27(2)13-15-28/h3-11,22H,12-18H2,1-2H3,(H,26,31). The summed E-state index contributed by atoms with van der Waals surface area (Å²) in [7, 11) is 2.13. The Kier molecular flexibility index (Phi) is 7.37. The monoisotopic (exact) mass is 465 g/mol. The molecule has 33 heavy (non-hydrogen) atoms. The number of carbonyl (C=O) groups excluding carboxylic acids is 2. The fourth-order valence-electron chi connectivity index (χ4n) is 4.25. The second-order valence-electron chi connectivity index (χ2n) is 8.76. The van der Waals surface area contributed by atoms with Crippen LogP contribution in [0.25, 0.3) is 0 Å². The quantitative estimate of drug-likeness (QED) is 0.635. The summed E-state index contributed by atoms with van der Waals surface area (Å²) < 4.78 is 0. The van der Waals surface area contributed by atoms with Crippen molar-refractivity contribution in [3.05, 3.63) is 60.2 Å². The Hall–Kier alpha value is -2.81. The van der Waals surface area contributed by atoms with Crippen LogP contribution in [0.2, 0.25) is 0 Å². The van der Waals surface area contributed by atoms with Crippen molar-refractivity contribution in [3.8, 4) is 0 Å². The molecule has 2 fully saturated rings. The maximum atomic E-state index is 13.5. The van der Waals surface area contributed by atoms with E-state index >= 15 is 0 Å². The molecule has 2 aliphatic heterocycles. The predicted molar refractivity (Wildman–Crippen MR) is 135 cm³/mol. The molecule has 0 spiro atoms. The van der Waals surface area contributed by atoms with Gasteiger partial charge in [0.1, 0.15) is 6.04 Å². The minimum atomic E-state index is -0.616. The van der Waals surface area contributed by atoms with Gasteiger partial charge in [0.05, 0.1) is 12.1 Å². The number of para-hydroxylation sites is 1. The van der Waals surface area contributed by atoms with Crippen LogP contribution in [0.1, 0.15) is 12.0 Å². The highest BCUT2D eigenvalue weighted by Gasteiger charge is 2.44. The Morgan fingerprint density at radius 2 is 1.67 bits per heavy atom. The minimum absolute atomic E-state index is 0.0545. The number of thiocarbonyl (C=S) groups is 1. The summed E-state index contributed by atoms with van der Waals surface area (Å²) in [4.78, 5) is 34.5. The van der Waals surface area contributed by atoms with E-state index in [0.717, 1.165) is 49.7 Å². The number of rotatable bonds is 7. The molecule has 1 N–H and O–H groups in total. The zero-order valence-electron chi connectivity index (χ0n) is 19.2. The zero-order chi connectivity index (χ0) is 23.4. The highest BCUT2D eigenvalue weighted by Crippen LogP contribution is 2.27. The lowest BCUT2D eigenvalue weighted by atomic mass is 10.1. The number of nitrogens with one attached hydrogen (secondary N) is 1. The van der Waals surface area contributed by atoms with Crippen molar-refractivity contribution in [2.75, 3.05) is 56.5 Å². The van der Waals surface area contributed by atoms with E-state index in [0.29, 0.717) is 11.7 Å². The van der Waals surface area contributed by atoms with Gasteiger partial charge < -0.3 is 15.1 Å². The Bertz CT molecular complexity index is 990. The van der Waals surface area contributed by atoms with E-state index in [1.54, 1.807) is 4.90 Å². The zero-order valence-corrected chi connectivity index (χ0v) is 20.1. The summed E-state index contributed by atoms with van der Waals surface area (Å²) in [6.07, 6.45) is 0.0545. The first-order valence-electron chi connectivity index (χ1n) is 11.4. The highest BCUT2D eigenvalue weighted by molar-refractivity contribution is 7.80. The van der Waals surface area contributed by atoms with Crippen molar-refractivity contribution in [1.29, 1.82) is 0 Å². The lowest BCUT2D eigenvalue weighted by Crippen LogP contribution is -2.48. The van der Waals surface area contributed by atoms with E-state index in [9.17, 15) is 9.59 Å². The molecule has 7 nitrogen and oxygen atoms in total. The third kappa shape index (κ3) is 5.58. The second kappa shape index (κ2) is 10.4. The molecule has 2 amide bonds. The van der Waals surface area contributed by atoms with Gasteiger partial charge in [0.2, 0.25) is 5.91 Å². The largest absolute Gasteiger partial charge is 0.335 e. The Balaban J connectivity index is 1.50. The first kappa shape index (κ1) is 23.4. The number of nitrogens with zero attached hydrogens (tertiary/aromatic N) is 4. The van der Waals surface area contributed by atoms with Crippen molar-refractivity contribution in [2.45, 2.75) is 19.4 Å². The number of carbonyl (C=O) groups is 2. The number of likely N-dealkylation sites (N-methyl/N-ethyl adjacent to an activating group) is 1. The van der Waals surface area contributed by atoms with Gasteiger partial charge >= 0.3 is 0 Å². The van der Waals surface area contributed by atoms with Gasteiger partial charge in [0.25, 0.3) is 5.91 Å². The van der Waals surface area contributed by atoms with E-state index < -0.39 is 6.04 Å². The van der Waals surface area contributed by atoms with Crippen LogP contribution in [-0.4, -0.2) is 84.0 Å². The molecular weight excluding hydrogens is 434 g/mol. The number of aryl methyl sites for hydroxylation is 1. The van der Waals surface area contributed by atoms with Gasteiger partial charge in [-0.15, -0.1) is 0 Å². The molecule has 0 bridgehead atoms. The first-order valence-corrected chi connectivity index (χ1v) is 11.8. The molecular formula is C25H31N5O2S. The molecule has 4 rings (SSSR count). The van der Waals surface area contributed by atoms with Crippen molar-refractivity contribution < 1.29 is 9.59 Å². The Morgan fingerprint density at radius 1 is 1.00 bits per heavy atom. The summed E-state index contributed by atoms with van der Waals surface area (Å²) in [5, 5.41) is 3.37. The first-order chi connectivity index (χ1) is 15.9. The molecule has 2 aliphatic rings. The second-order valence-corrected chi connectivity index (χ2v) is 9.13. The van der Waals surface area contributed by atoms with Crippen molar-refractivity contribution in [2.24, 2.45) is 0 Å². The molecule has 2 saturated heterocycles. The van der Waals surface area contributed by atoms with Gasteiger partial charge in [-0.05, 0) is 50.5 Å². The normalized spacial score (nSPS) is 19.9. The Morgan fingerprint density at radius 3 is 2.33 bits per heavy atom. The molecule has 1 unspecified atom stereocenters. The van der Waals surface area contributed by atoms with Gasteiger partial charge in [-0.3, -0.25) is 19.4 Å². The number of piperazine rings is 1. The summed E-state index contributed by atoms with van der Waals surface area (Å²) >= 11 is 5.77. The van der Waals surface area contributed by atoms with E-state index in [2.05, 4.69) is 22.2 Å². The van der Waals surface area contributed by atoms with Crippen LogP contribution in [0.4, 0.5) is 11.4 Å². The fourth-order valence-corrected chi connectivity index (χ4v) is 4.66. The SMILES string of the molecule is Cc1ccc(N2C(=O)C(CC(=O)Nc3ccccc3)N(CCN3CCN(C)CC3)C2=S)cc1. The molecule has 1 atom stereocenters. The van der Waals surface area contributed by atoms with Gasteiger partial charge in [0.15, 0.2) is 5.11 Å². The van der Waals surface area contributed by atoms with Crippen LogP contribution < -0.4 is 10.2 Å². The molecule has 0 aliphatic carbocycles. The van der Waals surface area contributed by atoms with Crippen LogP contribution in [0, 0.1) is 6.92 Å². The van der Waals surface area contributed by atoms with Gasteiger partial charge in [-0.2, -0.15) is 0 Å². The third-order valence-electron chi connectivity index (χ3n) is 6.30. The van der Waals surface area contributed by atoms with Crippen molar-refractivity contribution in [1.82, 2.24) is 14.7 Å². The lowest BCUT2D eigenvalue weighted by Gasteiger charge is -2.34. The number of amides is 2. The molecule has 2 heterocycles. The van der Waals surface area contributed by atoms with Crippen LogP contribution in [0.15, 0.2) is 54.6 Å². The average Bonchev–Trinajstić information content (AvgIpc) is 3.03. The number of hydrogen-bond acceptors (Lipinski definition) is 5. The van der Waals surface area contributed by atoms with E-state index in [-0.39, 0.29) is 18.2 Å². The number of anilines is 2. The smallest absolute Gasteiger partial charge is 0.256 e. The van der Waals surface area contributed by atoms with E-state index in [1.165, 1.54) is 0 Å². The summed E-state index contributed by atoms with van der Waals surface area (Å²) in [6.45, 7) is 7.47. The van der Waals surface area contributed by atoms with Crippen LogP contribution >= 0.6 is 12.2 Å². The lowest BCUT2D eigenvalue weighted by molar-refractivity contribution is -0.124. The van der Waals surface area contributed by atoms with Crippen molar-refractivity contribution in [3.63, 3.8) is 0 Å². The molecule has 0 saturated carbocycles. The molecule has 0 radical (unpaired) electrons. The number of hydrogen-bond donors (Lipinski definition) is 1.